The summed E-state index contributed by atoms with van der Waals surface area (Å²) in [4.78, 5) is 15.0. The fourth-order valence-corrected chi connectivity index (χ4v) is 5.69. The van der Waals surface area contributed by atoms with Crippen molar-refractivity contribution in [2.24, 2.45) is 5.92 Å². The molecule has 12 heteroatoms. The van der Waals surface area contributed by atoms with Crippen molar-refractivity contribution in [1.82, 2.24) is 24.5 Å². The van der Waals surface area contributed by atoms with E-state index in [2.05, 4.69) is 32.2 Å². The van der Waals surface area contributed by atoms with Gasteiger partial charge in [0.25, 0.3) is 0 Å². The highest BCUT2D eigenvalue weighted by Gasteiger charge is 2.32. The molecule has 0 saturated heterocycles. The maximum atomic E-state index is 14.9. The molecule has 1 fully saturated rings. The number of nitrogens with zero attached hydrogens (tertiary/aromatic N) is 6. The summed E-state index contributed by atoms with van der Waals surface area (Å²) in [6, 6.07) is 13.7. The highest BCUT2D eigenvalue weighted by Crippen LogP contribution is 2.40. The van der Waals surface area contributed by atoms with E-state index in [1.54, 1.807) is 27.0 Å². The fraction of sp³-hybridized carbons (Fsp3) is 0.303. The molecule has 1 aliphatic rings. The highest BCUT2D eigenvalue weighted by atomic mass is 79.9. The number of halogens is 2. The molecule has 2 aromatic carbocycles. The maximum Gasteiger partial charge on any atom is 0.406 e. The van der Waals surface area contributed by atoms with Crippen LogP contribution in [-0.4, -0.2) is 36.6 Å². The van der Waals surface area contributed by atoms with Gasteiger partial charge in [0.05, 0.1) is 30.0 Å². The van der Waals surface area contributed by atoms with Crippen LogP contribution < -0.4 is 9.47 Å². The van der Waals surface area contributed by atoms with E-state index in [9.17, 15) is 14.5 Å². The van der Waals surface area contributed by atoms with Crippen LogP contribution in [0.5, 0.6) is 11.5 Å². The summed E-state index contributed by atoms with van der Waals surface area (Å²) in [5, 5.41) is 21.3. The molecule has 1 saturated carbocycles. The SMILES string of the molecule is COc1ccc(Cn2cc(Cc3cnn(CC4CC4)c3)c(-c3ccc(F)cc3C(C)(C)Oc3cc(Br)cnc3[N+](=O)[O-])n2)cc1. The Morgan fingerprint density at radius 3 is 2.56 bits per heavy atom. The molecule has 0 aliphatic heterocycles. The van der Waals surface area contributed by atoms with Crippen molar-refractivity contribution in [2.45, 2.75) is 51.8 Å². The minimum atomic E-state index is -1.21. The Kier molecular flexibility index (Phi) is 8.41. The molecule has 45 heavy (non-hydrogen) atoms. The summed E-state index contributed by atoms with van der Waals surface area (Å²) in [7, 11) is 1.63. The van der Waals surface area contributed by atoms with Gasteiger partial charge in [0.15, 0.2) is 6.20 Å². The third-order valence-corrected chi connectivity index (χ3v) is 8.22. The largest absolute Gasteiger partial charge is 0.497 e. The van der Waals surface area contributed by atoms with E-state index in [4.69, 9.17) is 14.6 Å². The highest BCUT2D eigenvalue weighted by molar-refractivity contribution is 9.10. The second-order valence-corrected chi connectivity index (χ2v) is 12.7. The number of aromatic nitrogens is 5. The summed E-state index contributed by atoms with van der Waals surface area (Å²) in [5.74, 6) is 0.524. The van der Waals surface area contributed by atoms with E-state index < -0.39 is 22.2 Å². The predicted octanol–water partition coefficient (Wildman–Crippen LogP) is 7.32. The molecule has 1 aliphatic carbocycles. The molecule has 0 amide bonds. The smallest absolute Gasteiger partial charge is 0.406 e. The number of rotatable bonds is 12. The number of hydrogen-bond donors (Lipinski definition) is 0. The summed E-state index contributed by atoms with van der Waals surface area (Å²) in [5.41, 5.74) is 3.58. The summed E-state index contributed by atoms with van der Waals surface area (Å²) < 4.78 is 30.8. The van der Waals surface area contributed by atoms with Crippen molar-refractivity contribution in [3.8, 4) is 22.8 Å². The van der Waals surface area contributed by atoms with E-state index in [0.29, 0.717) is 40.2 Å². The van der Waals surface area contributed by atoms with Gasteiger partial charge in [0.2, 0.25) is 5.75 Å². The Balaban J connectivity index is 1.40. The lowest BCUT2D eigenvalue weighted by Crippen LogP contribution is -2.27. The van der Waals surface area contributed by atoms with Crippen LogP contribution in [0.4, 0.5) is 10.2 Å². The Bertz CT molecular complexity index is 1850. The summed E-state index contributed by atoms with van der Waals surface area (Å²) in [6.07, 6.45) is 10.3. The molecule has 0 bridgehead atoms. The van der Waals surface area contributed by atoms with E-state index in [-0.39, 0.29) is 5.75 Å². The minimum Gasteiger partial charge on any atom is -0.497 e. The van der Waals surface area contributed by atoms with Gasteiger partial charge in [-0.25, -0.2) is 4.39 Å². The third-order valence-electron chi connectivity index (χ3n) is 7.79. The average Bonchev–Trinajstić information content (AvgIpc) is 3.57. The minimum absolute atomic E-state index is 0.0390. The van der Waals surface area contributed by atoms with Crippen molar-refractivity contribution in [3.63, 3.8) is 0 Å². The van der Waals surface area contributed by atoms with Gasteiger partial charge in [-0.3, -0.25) is 9.36 Å². The third kappa shape index (κ3) is 7.06. The van der Waals surface area contributed by atoms with Gasteiger partial charge in [0.1, 0.15) is 17.2 Å². The van der Waals surface area contributed by atoms with Gasteiger partial charge < -0.3 is 19.6 Å². The Morgan fingerprint density at radius 2 is 1.84 bits per heavy atom. The topological polar surface area (TPSA) is 110 Å². The quantitative estimate of drug-likeness (QED) is 0.101. The molecule has 3 heterocycles. The number of pyridine rings is 1. The van der Waals surface area contributed by atoms with Gasteiger partial charge >= 0.3 is 5.82 Å². The van der Waals surface area contributed by atoms with Gasteiger partial charge in [-0.05, 0) is 99.9 Å². The molecule has 5 aromatic rings. The number of methoxy groups -OCH3 is 1. The molecule has 232 valence electrons. The van der Waals surface area contributed by atoms with Crippen molar-refractivity contribution in [3.05, 3.63) is 116 Å². The molecular weight excluding hydrogens is 643 g/mol. The standard InChI is InChI=1S/C33H32BrFN6O4/c1-33(2,45-30-13-25(34)16-36-32(30)41(42)43)29-14-26(35)8-11-28(29)31-24(12-23-15-37-39(19-23)17-21-4-5-21)20-40(38-31)18-22-6-9-27(44-3)10-7-22/h6-11,13-16,19-21H,4-5,12,17-18H2,1-3H3. The van der Waals surface area contributed by atoms with Crippen LogP contribution in [0.3, 0.4) is 0 Å². The Morgan fingerprint density at radius 1 is 1.07 bits per heavy atom. The molecule has 6 rings (SSSR count). The maximum absolute atomic E-state index is 14.9. The molecule has 0 N–H and O–H groups in total. The van der Waals surface area contributed by atoms with Crippen LogP contribution in [0.2, 0.25) is 0 Å². The van der Waals surface area contributed by atoms with Gasteiger partial charge in [0, 0.05) is 48.1 Å². The van der Waals surface area contributed by atoms with Crippen molar-refractivity contribution < 1.29 is 18.8 Å². The summed E-state index contributed by atoms with van der Waals surface area (Å²) in [6.45, 7) is 4.90. The van der Waals surface area contributed by atoms with E-state index >= 15 is 0 Å². The van der Waals surface area contributed by atoms with Crippen molar-refractivity contribution >= 4 is 21.7 Å². The zero-order chi connectivity index (χ0) is 31.7. The average molecular weight is 676 g/mol. The van der Waals surface area contributed by atoms with Crippen molar-refractivity contribution in [2.75, 3.05) is 7.11 Å². The van der Waals surface area contributed by atoms with Gasteiger partial charge in [-0.15, -0.1) is 0 Å². The number of benzene rings is 2. The van der Waals surface area contributed by atoms with Gasteiger partial charge in [-0.2, -0.15) is 10.2 Å². The molecule has 0 radical (unpaired) electrons. The molecule has 0 atom stereocenters. The van der Waals surface area contributed by atoms with Crippen LogP contribution in [0.25, 0.3) is 11.3 Å². The van der Waals surface area contributed by atoms with Crippen LogP contribution >= 0.6 is 15.9 Å². The van der Waals surface area contributed by atoms with Crippen LogP contribution in [0, 0.1) is 21.8 Å². The van der Waals surface area contributed by atoms with Crippen molar-refractivity contribution in [1.29, 1.82) is 0 Å². The monoisotopic (exact) mass is 674 g/mol. The lowest BCUT2D eigenvalue weighted by atomic mass is 9.89. The zero-order valence-electron chi connectivity index (χ0n) is 25.1. The Hall–Kier alpha value is -4.58. The fourth-order valence-electron chi connectivity index (χ4n) is 5.38. The summed E-state index contributed by atoms with van der Waals surface area (Å²) >= 11 is 3.32. The first-order valence-corrected chi connectivity index (χ1v) is 15.4. The number of hydrogen-bond acceptors (Lipinski definition) is 7. The Labute approximate surface area is 268 Å². The molecule has 3 aromatic heterocycles. The molecule has 10 nitrogen and oxygen atoms in total. The van der Waals surface area contributed by atoms with E-state index in [1.807, 2.05) is 46.0 Å². The predicted molar refractivity (Wildman–Crippen MR) is 170 cm³/mol. The molecule has 0 spiro atoms. The van der Waals surface area contributed by atoms with Crippen LogP contribution in [0.15, 0.2) is 77.8 Å². The number of nitro groups is 1. The second kappa shape index (κ2) is 12.4. The normalized spacial score (nSPS) is 13.2. The first-order chi connectivity index (χ1) is 21.6. The van der Waals surface area contributed by atoms with E-state index in [1.165, 1.54) is 37.2 Å². The lowest BCUT2D eigenvalue weighted by molar-refractivity contribution is -0.391. The second-order valence-electron chi connectivity index (χ2n) is 11.8. The molecule has 0 unspecified atom stereocenters. The lowest BCUT2D eigenvalue weighted by Gasteiger charge is -2.28. The first-order valence-electron chi connectivity index (χ1n) is 14.6. The van der Waals surface area contributed by atoms with Gasteiger partial charge in [-0.1, -0.05) is 12.1 Å². The van der Waals surface area contributed by atoms with E-state index in [0.717, 1.165) is 29.0 Å². The van der Waals surface area contributed by atoms with Crippen LogP contribution in [-0.2, 0) is 25.1 Å². The number of ether oxygens (including phenoxy) is 2. The first kappa shape index (κ1) is 30.4. The van der Waals surface area contributed by atoms with Crippen LogP contribution in [0.1, 0.15) is 48.9 Å². The zero-order valence-corrected chi connectivity index (χ0v) is 26.7. The molecular formula is C33H32BrFN6O4.